The summed E-state index contributed by atoms with van der Waals surface area (Å²) >= 11 is 0. The molecule has 0 unspecified atom stereocenters. The molecule has 0 N–H and O–H groups in total. The SMILES string of the molecule is COc1ccc(-c2cc(N3CCN(S(=O)(=O)N(C)C)CC3)ncn2)cc1. The molecule has 26 heavy (non-hydrogen) atoms. The number of anilines is 1. The molecule has 1 aromatic carbocycles. The number of methoxy groups -OCH3 is 1. The number of benzene rings is 1. The Bertz CT molecular complexity index is 847. The maximum absolute atomic E-state index is 12.2. The minimum atomic E-state index is -3.37. The van der Waals surface area contributed by atoms with Gasteiger partial charge >= 0.3 is 0 Å². The van der Waals surface area contributed by atoms with Gasteiger partial charge in [0.15, 0.2) is 0 Å². The number of piperazine rings is 1. The molecule has 9 heteroatoms. The topological polar surface area (TPSA) is 78.9 Å². The lowest BCUT2D eigenvalue weighted by molar-refractivity contribution is 0.355. The molecule has 0 atom stereocenters. The average Bonchev–Trinajstić information content (AvgIpc) is 2.68. The summed E-state index contributed by atoms with van der Waals surface area (Å²) < 4.78 is 32.4. The van der Waals surface area contributed by atoms with E-state index in [2.05, 4.69) is 14.9 Å². The molecule has 0 radical (unpaired) electrons. The van der Waals surface area contributed by atoms with E-state index in [9.17, 15) is 8.42 Å². The zero-order chi connectivity index (χ0) is 18.7. The first-order chi connectivity index (χ1) is 12.4. The molecule has 1 aromatic heterocycles. The maximum Gasteiger partial charge on any atom is 0.281 e. The van der Waals surface area contributed by atoms with E-state index in [-0.39, 0.29) is 0 Å². The molecule has 1 aliphatic heterocycles. The van der Waals surface area contributed by atoms with Crippen LogP contribution in [0.15, 0.2) is 36.7 Å². The summed E-state index contributed by atoms with van der Waals surface area (Å²) in [6.45, 7) is 2.04. The fourth-order valence-corrected chi connectivity index (χ4v) is 3.91. The number of hydrogen-bond donors (Lipinski definition) is 0. The van der Waals surface area contributed by atoms with Crippen molar-refractivity contribution in [1.82, 2.24) is 18.6 Å². The molecule has 140 valence electrons. The van der Waals surface area contributed by atoms with Gasteiger partial charge in [-0.2, -0.15) is 17.0 Å². The summed E-state index contributed by atoms with van der Waals surface area (Å²) in [7, 11) is 1.36. The van der Waals surface area contributed by atoms with Crippen LogP contribution in [-0.2, 0) is 10.2 Å². The van der Waals surface area contributed by atoms with Crippen LogP contribution < -0.4 is 9.64 Å². The normalized spacial score (nSPS) is 16.1. The van der Waals surface area contributed by atoms with Crippen LogP contribution in [0.1, 0.15) is 0 Å². The highest BCUT2D eigenvalue weighted by Gasteiger charge is 2.29. The van der Waals surface area contributed by atoms with E-state index < -0.39 is 10.2 Å². The van der Waals surface area contributed by atoms with Gasteiger partial charge in [-0.15, -0.1) is 0 Å². The lowest BCUT2D eigenvalue weighted by Gasteiger charge is -2.35. The van der Waals surface area contributed by atoms with Crippen molar-refractivity contribution >= 4 is 16.0 Å². The third-order valence-electron chi connectivity index (χ3n) is 4.39. The van der Waals surface area contributed by atoms with E-state index in [0.29, 0.717) is 26.2 Å². The third-order valence-corrected chi connectivity index (χ3v) is 6.33. The molecule has 8 nitrogen and oxygen atoms in total. The second-order valence-electron chi connectivity index (χ2n) is 6.17. The molecule has 0 amide bonds. The molecule has 1 aliphatic rings. The first-order valence-corrected chi connectivity index (χ1v) is 9.70. The van der Waals surface area contributed by atoms with E-state index in [4.69, 9.17) is 4.74 Å². The Balaban J connectivity index is 1.73. The number of hydrogen-bond acceptors (Lipinski definition) is 6. The second kappa shape index (κ2) is 7.56. The Morgan fingerprint density at radius 3 is 2.27 bits per heavy atom. The van der Waals surface area contributed by atoms with Crippen LogP contribution in [0, 0.1) is 0 Å². The van der Waals surface area contributed by atoms with Gasteiger partial charge in [0.05, 0.1) is 12.8 Å². The Labute approximate surface area is 154 Å². The number of nitrogens with zero attached hydrogens (tertiary/aromatic N) is 5. The van der Waals surface area contributed by atoms with Crippen molar-refractivity contribution in [3.63, 3.8) is 0 Å². The predicted octanol–water partition coefficient (Wildman–Crippen LogP) is 1.08. The number of aromatic nitrogens is 2. The molecule has 0 bridgehead atoms. The van der Waals surface area contributed by atoms with E-state index in [1.807, 2.05) is 30.3 Å². The number of ether oxygens (including phenoxy) is 1. The maximum atomic E-state index is 12.2. The average molecular weight is 377 g/mol. The van der Waals surface area contributed by atoms with Crippen molar-refractivity contribution in [1.29, 1.82) is 0 Å². The molecular weight excluding hydrogens is 354 g/mol. The van der Waals surface area contributed by atoms with Crippen LogP contribution in [0.3, 0.4) is 0 Å². The number of rotatable bonds is 5. The van der Waals surface area contributed by atoms with Crippen LogP contribution in [0.25, 0.3) is 11.3 Å². The standard InChI is InChI=1S/C17H23N5O3S/c1-20(2)26(23,24)22-10-8-21(9-11-22)17-12-16(18-13-19-17)14-4-6-15(25-3)7-5-14/h4-7,12-13H,8-11H2,1-3H3. The van der Waals surface area contributed by atoms with Gasteiger partial charge in [0.2, 0.25) is 0 Å². The fraction of sp³-hybridized carbons (Fsp3) is 0.412. The first-order valence-electron chi connectivity index (χ1n) is 8.31. The Hall–Kier alpha value is -2.23. The minimum Gasteiger partial charge on any atom is -0.497 e. The van der Waals surface area contributed by atoms with Crippen molar-refractivity contribution in [3.05, 3.63) is 36.7 Å². The monoisotopic (exact) mass is 377 g/mol. The molecule has 1 saturated heterocycles. The van der Waals surface area contributed by atoms with Crippen LogP contribution in [0.5, 0.6) is 5.75 Å². The van der Waals surface area contributed by atoms with Crippen LogP contribution >= 0.6 is 0 Å². The molecule has 1 fully saturated rings. The predicted molar refractivity (Wildman–Crippen MR) is 100 cm³/mol. The molecule has 3 rings (SSSR count). The van der Waals surface area contributed by atoms with E-state index in [0.717, 1.165) is 22.8 Å². The Morgan fingerprint density at radius 2 is 1.69 bits per heavy atom. The Kier molecular flexibility index (Phi) is 5.40. The fourth-order valence-electron chi connectivity index (χ4n) is 2.82. The van der Waals surface area contributed by atoms with Crippen molar-refractivity contribution in [2.24, 2.45) is 0 Å². The van der Waals surface area contributed by atoms with Gasteiger partial charge in [-0.1, -0.05) is 0 Å². The zero-order valence-corrected chi connectivity index (χ0v) is 16.0. The first kappa shape index (κ1) is 18.6. The molecule has 2 heterocycles. The summed E-state index contributed by atoms with van der Waals surface area (Å²) in [6.07, 6.45) is 1.54. The molecule has 0 saturated carbocycles. The lowest BCUT2D eigenvalue weighted by Crippen LogP contribution is -2.51. The van der Waals surface area contributed by atoms with Crippen LogP contribution in [0.4, 0.5) is 5.82 Å². The summed E-state index contributed by atoms with van der Waals surface area (Å²) in [5.74, 6) is 1.59. The van der Waals surface area contributed by atoms with Gasteiger partial charge in [-0.3, -0.25) is 0 Å². The molecule has 0 spiro atoms. The Morgan fingerprint density at radius 1 is 1.04 bits per heavy atom. The van der Waals surface area contributed by atoms with E-state index >= 15 is 0 Å². The van der Waals surface area contributed by atoms with Gasteiger partial charge in [0, 0.05) is 51.9 Å². The zero-order valence-electron chi connectivity index (χ0n) is 15.2. The summed E-state index contributed by atoms with van der Waals surface area (Å²) in [5.41, 5.74) is 1.80. The van der Waals surface area contributed by atoms with Crippen LogP contribution in [-0.4, -0.2) is 74.4 Å². The minimum absolute atomic E-state index is 0.433. The van der Waals surface area contributed by atoms with Crippen molar-refractivity contribution < 1.29 is 13.2 Å². The highest BCUT2D eigenvalue weighted by Crippen LogP contribution is 2.24. The molecule has 0 aliphatic carbocycles. The lowest BCUT2D eigenvalue weighted by atomic mass is 10.1. The van der Waals surface area contributed by atoms with E-state index in [1.165, 1.54) is 14.9 Å². The smallest absolute Gasteiger partial charge is 0.281 e. The summed E-state index contributed by atoms with van der Waals surface area (Å²) in [6, 6.07) is 9.61. The largest absolute Gasteiger partial charge is 0.497 e. The molecule has 2 aromatic rings. The van der Waals surface area contributed by atoms with Crippen LogP contribution in [0.2, 0.25) is 0 Å². The van der Waals surface area contributed by atoms with Gasteiger partial charge in [-0.05, 0) is 24.3 Å². The highest BCUT2D eigenvalue weighted by atomic mass is 32.2. The van der Waals surface area contributed by atoms with Gasteiger partial charge < -0.3 is 9.64 Å². The second-order valence-corrected chi connectivity index (χ2v) is 8.31. The van der Waals surface area contributed by atoms with Crippen molar-refractivity contribution in [3.8, 4) is 17.0 Å². The quantitative estimate of drug-likeness (QED) is 0.776. The molecular formula is C17H23N5O3S. The van der Waals surface area contributed by atoms with Gasteiger partial charge in [-0.25, -0.2) is 9.97 Å². The van der Waals surface area contributed by atoms with Gasteiger partial charge in [0.1, 0.15) is 17.9 Å². The highest BCUT2D eigenvalue weighted by molar-refractivity contribution is 7.86. The van der Waals surface area contributed by atoms with E-state index in [1.54, 1.807) is 21.2 Å². The third kappa shape index (κ3) is 3.79. The van der Waals surface area contributed by atoms with Crippen molar-refractivity contribution in [2.45, 2.75) is 0 Å². The van der Waals surface area contributed by atoms with Crippen molar-refractivity contribution in [2.75, 3.05) is 52.3 Å². The summed E-state index contributed by atoms with van der Waals surface area (Å²) in [5, 5.41) is 0. The summed E-state index contributed by atoms with van der Waals surface area (Å²) in [4.78, 5) is 10.8. The van der Waals surface area contributed by atoms with Gasteiger partial charge in [0.25, 0.3) is 10.2 Å².